The Kier molecular flexibility index (Phi) is 6.39. The van der Waals surface area contributed by atoms with E-state index in [-0.39, 0.29) is 17.5 Å². The van der Waals surface area contributed by atoms with Crippen molar-refractivity contribution in [3.63, 3.8) is 0 Å². The molecule has 0 spiro atoms. The summed E-state index contributed by atoms with van der Waals surface area (Å²) < 4.78 is 0. The molecule has 0 radical (unpaired) electrons. The summed E-state index contributed by atoms with van der Waals surface area (Å²) in [4.78, 5) is 34.4. The zero-order valence-corrected chi connectivity index (χ0v) is 13.8. The molecule has 7 nitrogen and oxygen atoms in total. The van der Waals surface area contributed by atoms with Gasteiger partial charge in [0.2, 0.25) is 0 Å². The zero-order chi connectivity index (χ0) is 17.4. The van der Waals surface area contributed by atoms with Crippen molar-refractivity contribution in [2.45, 2.75) is 6.54 Å². The van der Waals surface area contributed by atoms with Crippen LogP contribution in [-0.2, 0) is 6.54 Å². The Morgan fingerprint density at radius 3 is 2.58 bits per heavy atom. The molecule has 0 atom stereocenters. The maximum absolute atomic E-state index is 12.2. The molecule has 0 fully saturated rings. The Bertz CT molecular complexity index is 688. The second-order valence-electron chi connectivity index (χ2n) is 5.49. The van der Waals surface area contributed by atoms with Gasteiger partial charge in [0.05, 0.1) is 12.2 Å². The fourth-order valence-corrected chi connectivity index (χ4v) is 1.96. The van der Waals surface area contributed by atoms with E-state index in [4.69, 9.17) is 0 Å². The lowest BCUT2D eigenvalue weighted by Gasteiger charge is -2.10. The summed E-state index contributed by atoms with van der Waals surface area (Å²) in [5.41, 5.74) is 1.37. The maximum Gasteiger partial charge on any atom is 0.269 e. The SMILES string of the molecule is CN(C)CCNC(=O)c1cc(C(=O)NCc2ccccn2)ccn1. The number of rotatable bonds is 7. The maximum atomic E-state index is 12.2. The zero-order valence-electron chi connectivity index (χ0n) is 13.8. The molecule has 2 N–H and O–H groups in total. The number of nitrogens with one attached hydrogen (secondary N) is 2. The third kappa shape index (κ3) is 5.44. The molecule has 0 aromatic carbocycles. The minimum atomic E-state index is -0.295. The second-order valence-corrected chi connectivity index (χ2v) is 5.49. The fourth-order valence-electron chi connectivity index (χ4n) is 1.96. The first-order chi connectivity index (χ1) is 11.6. The Labute approximate surface area is 141 Å². The van der Waals surface area contributed by atoms with E-state index in [2.05, 4.69) is 20.6 Å². The van der Waals surface area contributed by atoms with Crippen molar-refractivity contribution in [1.82, 2.24) is 25.5 Å². The third-order valence-corrected chi connectivity index (χ3v) is 3.26. The molecule has 0 saturated carbocycles. The Hall–Kier alpha value is -2.80. The van der Waals surface area contributed by atoms with E-state index < -0.39 is 0 Å². The first-order valence-corrected chi connectivity index (χ1v) is 7.63. The van der Waals surface area contributed by atoms with E-state index in [1.165, 1.54) is 12.3 Å². The number of hydrogen-bond acceptors (Lipinski definition) is 5. The van der Waals surface area contributed by atoms with Gasteiger partial charge in [0.25, 0.3) is 11.8 Å². The molecule has 0 aliphatic heterocycles. The normalized spacial score (nSPS) is 10.5. The summed E-state index contributed by atoms with van der Waals surface area (Å²) in [6.45, 7) is 1.58. The molecular formula is C17H21N5O2. The topological polar surface area (TPSA) is 87.2 Å². The van der Waals surface area contributed by atoms with Crippen LogP contribution in [-0.4, -0.2) is 53.9 Å². The van der Waals surface area contributed by atoms with Gasteiger partial charge in [-0.2, -0.15) is 0 Å². The molecule has 0 aliphatic rings. The highest BCUT2D eigenvalue weighted by Crippen LogP contribution is 2.03. The van der Waals surface area contributed by atoms with Crippen molar-refractivity contribution in [1.29, 1.82) is 0 Å². The molecule has 2 amide bonds. The van der Waals surface area contributed by atoms with E-state index >= 15 is 0 Å². The van der Waals surface area contributed by atoms with E-state index in [1.807, 2.05) is 37.2 Å². The average Bonchev–Trinajstić information content (AvgIpc) is 2.60. The van der Waals surface area contributed by atoms with Crippen molar-refractivity contribution >= 4 is 11.8 Å². The van der Waals surface area contributed by atoms with Crippen LogP contribution in [0.3, 0.4) is 0 Å². The third-order valence-electron chi connectivity index (χ3n) is 3.26. The first kappa shape index (κ1) is 17.6. The van der Waals surface area contributed by atoms with E-state index in [9.17, 15) is 9.59 Å². The van der Waals surface area contributed by atoms with Gasteiger partial charge in [-0.25, -0.2) is 0 Å². The average molecular weight is 327 g/mol. The Morgan fingerprint density at radius 2 is 1.88 bits per heavy atom. The molecule has 24 heavy (non-hydrogen) atoms. The van der Waals surface area contributed by atoms with Crippen LogP contribution in [0.4, 0.5) is 0 Å². The van der Waals surface area contributed by atoms with Crippen molar-refractivity contribution in [2.24, 2.45) is 0 Å². The summed E-state index contributed by atoms with van der Waals surface area (Å²) in [5.74, 6) is -0.568. The molecule has 2 aromatic heterocycles. The van der Waals surface area contributed by atoms with E-state index in [0.29, 0.717) is 18.7 Å². The smallest absolute Gasteiger partial charge is 0.269 e. The van der Waals surface area contributed by atoms with Gasteiger partial charge in [-0.15, -0.1) is 0 Å². The van der Waals surface area contributed by atoms with Crippen LogP contribution in [0.5, 0.6) is 0 Å². The largest absolute Gasteiger partial charge is 0.349 e. The summed E-state index contributed by atoms with van der Waals surface area (Å²) in [5, 5.41) is 5.54. The van der Waals surface area contributed by atoms with Gasteiger partial charge in [0, 0.05) is 31.0 Å². The summed E-state index contributed by atoms with van der Waals surface area (Å²) in [7, 11) is 3.86. The van der Waals surface area contributed by atoms with Crippen LogP contribution in [0.25, 0.3) is 0 Å². The molecular weight excluding hydrogens is 306 g/mol. The van der Waals surface area contributed by atoms with Crippen molar-refractivity contribution in [2.75, 3.05) is 27.2 Å². The monoisotopic (exact) mass is 327 g/mol. The lowest BCUT2D eigenvalue weighted by atomic mass is 10.2. The fraction of sp³-hybridized carbons (Fsp3) is 0.294. The highest BCUT2D eigenvalue weighted by molar-refractivity contribution is 5.98. The molecule has 7 heteroatoms. The predicted molar refractivity (Wildman–Crippen MR) is 90.5 cm³/mol. The van der Waals surface area contributed by atoms with Gasteiger partial charge in [-0.1, -0.05) is 6.07 Å². The highest BCUT2D eigenvalue weighted by Gasteiger charge is 2.11. The van der Waals surface area contributed by atoms with Gasteiger partial charge in [-0.3, -0.25) is 19.6 Å². The van der Waals surface area contributed by atoms with Crippen LogP contribution in [0.15, 0.2) is 42.7 Å². The van der Waals surface area contributed by atoms with Gasteiger partial charge >= 0.3 is 0 Å². The quantitative estimate of drug-likeness (QED) is 0.781. The lowest BCUT2D eigenvalue weighted by Crippen LogP contribution is -2.32. The Morgan fingerprint density at radius 1 is 1.04 bits per heavy atom. The molecule has 0 unspecified atom stereocenters. The van der Waals surface area contributed by atoms with Gasteiger partial charge in [0.1, 0.15) is 5.69 Å². The number of nitrogens with zero attached hydrogens (tertiary/aromatic N) is 3. The molecule has 0 aliphatic carbocycles. The second kappa shape index (κ2) is 8.73. The van der Waals surface area contributed by atoms with Crippen LogP contribution >= 0.6 is 0 Å². The Balaban J connectivity index is 1.93. The van der Waals surface area contributed by atoms with Crippen LogP contribution < -0.4 is 10.6 Å². The number of aromatic nitrogens is 2. The number of pyridine rings is 2. The highest BCUT2D eigenvalue weighted by atomic mass is 16.2. The molecule has 0 bridgehead atoms. The summed E-state index contributed by atoms with van der Waals surface area (Å²) >= 11 is 0. The van der Waals surface area contributed by atoms with Crippen molar-refractivity contribution in [3.05, 3.63) is 59.7 Å². The van der Waals surface area contributed by atoms with Gasteiger partial charge in [-0.05, 0) is 38.4 Å². The lowest BCUT2D eigenvalue weighted by molar-refractivity contribution is 0.0946. The number of carbonyl (C=O) groups is 2. The van der Waals surface area contributed by atoms with Crippen LogP contribution in [0.2, 0.25) is 0 Å². The summed E-state index contributed by atoms with van der Waals surface area (Å²) in [6.07, 6.45) is 3.13. The minimum absolute atomic E-state index is 0.222. The first-order valence-electron chi connectivity index (χ1n) is 7.63. The number of hydrogen-bond donors (Lipinski definition) is 2. The van der Waals surface area contributed by atoms with Crippen LogP contribution in [0, 0.1) is 0 Å². The van der Waals surface area contributed by atoms with E-state index in [0.717, 1.165) is 12.2 Å². The molecule has 2 aromatic rings. The van der Waals surface area contributed by atoms with Gasteiger partial charge in [0.15, 0.2) is 0 Å². The van der Waals surface area contributed by atoms with Gasteiger partial charge < -0.3 is 15.5 Å². The number of carbonyl (C=O) groups excluding carboxylic acids is 2. The molecule has 0 saturated heterocycles. The predicted octanol–water partition coefficient (Wildman–Crippen LogP) is 0.698. The number of likely N-dealkylation sites (N-methyl/N-ethyl adjacent to an activating group) is 1. The molecule has 126 valence electrons. The molecule has 2 rings (SSSR count). The van der Waals surface area contributed by atoms with Crippen molar-refractivity contribution in [3.8, 4) is 0 Å². The standard InChI is InChI=1S/C17H21N5O2/c1-22(2)10-9-20-17(24)15-11-13(6-8-19-15)16(23)21-12-14-5-3-4-7-18-14/h3-8,11H,9-10,12H2,1-2H3,(H,20,24)(H,21,23). The molecule has 2 heterocycles. The summed E-state index contributed by atoms with van der Waals surface area (Å²) in [6, 6.07) is 8.56. The number of amides is 2. The van der Waals surface area contributed by atoms with E-state index in [1.54, 1.807) is 12.3 Å². The van der Waals surface area contributed by atoms with Crippen molar-refractivity contribution < 1.29 is 9.59 Å². The minimum Gasteiger partial charge on any atom is -0.349 e. The van der Waals surface area contributed by atoms with Crippen LogP contribution in [0.1, 0.15) is 26.5 Å².